The lowest BCUT2D eigenvalue weighted by Gasteiger charge is -2.12. The van der Waals surface area contributed by atoms with Crippen molar-refractivity contribution < 1.29 is 0 Å². The molecule has 1 atom stereocenters. The van der Waals surface area contributed by atoms with Crippen LogP contribution in [0.2, 0.25) is 0 Å². The SMILES string of the molecule is CCn1cncc1CNC(C)c1nc(C)cs1. The number of aryl methyl sites for hydroxylation is 2. The predicted molar refractivity (Wildman–Crippen MR) is 70.0 cm³/mol. The fourth-order valence-corrected chi connectivity index (χ4v) is 2.52. The fraction of sp³-hybridized carbons (Fsp3) is 0.500. The minimum Gasteiger partial charge on any atom is -0.334 e. The Balaban J connectivity index is 1.94. The first-order chi connectivity index (χ1) is 8.20. The molecule has 0 fully saturated rings. The second-order valence-corrected chi connectivity index (χ2v) is 4.99. The highest BCUT2D eigenvalue weighted by Gasteiger charge is 2.09. The molecule has 92 valence electrons. The van der Waals surface area contributed by atoms with Crippen LogP contribution in [0.5, 0.6) is 0 Å². The predicted octanol–water partition coefficient (Wildman–Crippen LogP) is 2.52. The highest BCUT2D eigenvalue weighted by atomic mass is 32.1. The summed E-state index contributed by atoms with van der Waals surface area (Å²) in [5.74, 6) is 0. The quantitative estimate of drug-likeness (QED) is 0.886. The Kier molecular flexibility index (Phi) is 3.91. The lowest BCUT2D eigenvalue weighted by Crippen LogP contribution is -2.19. The number of nitrogens with zero attached hydrogens (tertiary/aromatic N) is 3. The monoisotopic (exact) mass is 250 g/mol. The van der Waals surface area contributed by atoms with Crippen LogP contribution in [-0.2, 0) is 13.1 Å². The topological polar surface area (TPSA) is 42.7 Å². The Morgan fingerprint density at radius 3 is 3.00 bits per heavy atom. The normalized spacial score (nSPS) is 12.9. The third-order valence-corrected chi connectivity index (χ3v) is 3.88. The molecule has 0 aliphatic rings. The number of rotatable bonds is 5. The van der Waals surface area contributed by atoms with Crippen LogP contribution in [-0.4, -0.2) is 14.5 Å². The molecule has 0 aliphatic carbocycles. The van der Waals surface area contributed by atoms with E-state index in [1.54, 1.807) is 11.3 Å². The van der Waals surface area contributed by atoms with Gasteiger partial charge in [0.2, 0.25) is 0 Å². The largest absolute Gasteiger partial charge is 0.334 e. The van der Waals surface area contributed by atoms with Gasteiger partial charge in [0.15, 0.2) is 0 Å². The standard InChI is InChI=1S/C12H18N4S/c1-4-16-8-13-5-11(16)6-14-10(3)12-15-9(2)7-17-12/h5,7-8,10,14H,4,6H2,1-3H3. The maximum absolute atomic E-state index is 4.49. The summed E-state index contributed by atoms with van der Waals surface area (Å²) in [6, 6.07) is 0.286. The molecule has 2 aromatic heterocycles. The van der Waals surface area contributed by atoms with Gasteiger partial charge >= 0.3 is 0 Å². The second kappa shape index (κ2) is 5.42. The number of hydrogen-bond acceptors (Lipinski definition) is 4. The average molecular weight is 250 g/mol. The van der Waals surface area contributed by atoms with Crippen molar-refractivity contribution in [2.75, 3.05) is 0 Å². The Morgan fingerprint density at radius 1 is 1.53 bits per heavy atom. The lowest BCUT2D eigenvalue weighted by atomic mass is 10.3. The average Bonchev–Trinajstić information content (AvgIpc) is 2.94. The summed E-state index contributed by atoms with van der Waals surface area (Å²) in [6.45, 7) is 8.08. The van der Waals surface area contributed by atoms with Crippen molar-refractivity contribution in [3.8, 4) is 0 Å². The molecule has 0 spiro atoms. The first-order valence-corrected chi connectivity index (χ1v) is 6.73. The molecular weight excluding hydrogens is 232 g/mol. The van der Waals surface area contributed by atoms with Gasteiger partial charge in [0, 0.05) is 30.4 Å². The Labute approximate surface area is 106 Å². The van der Waals surface area contributed by atoms with E-state index in [0.29, 0.717) is 0 Å². The van der Waals surface area contributed by atoms with E-state index in [-0.39, 0.29) is 6.04 Å². The summed E-state index contributed by atoms with van der Waals surface area (Å²) in [6.07, 6.45) is 3.78. The molecule has 2 heterocycles. The molecule has 0 saturated carbocycles. The van der Waals surface area contributed by atoms with Crippen molar-refractivity contribution in [2.45, 2.75) is 39.9 Å². The van der Waals surface area contributed by atoms with Gasteiger partial charge in [0.05, 0.1) is 18.1 Å². The summed E-state index contributed by atoms with van der Waals surface area (Å²) < 4.78 is 2.15. The van der Waals surface area contributed by atoms with Gasteiger partial charge in [0.25, 0.3) is 0 Å². The number of nitrogens with one attached hydrogen (secondary N) is 1. The van der Waals surface area contributed by atoms with Crippen LogP contribution in [0.15, 0.2) is 17.9 Å². The van der Waals surface area contributed by atoms with Crippen LogP contribution in [0, 0.1) is 6.92 Å². The molecule has 0 amide bonds. The van der Waals surface area contributed by atoms with Gasteiger partial charge in [-0.05, 0) is 20.8 Å². The molecular formula is C12H18N4S. The molecule has 0 bridgehead atoms. The smallest absolute Gasteiger partial charge is 0.110 e. The molecule has 2 rings (SSSR count). The summed E-state index contributed by atoms with van der Waals surface area (Å²) in [4.78, 5) is 8.64. The zero-order valence-electron chi connectivity index (χ0n) is 10.5. The minimum absolute atomic E-state index is 0.286. The van der Waals surface area contributed by atoms with Gasteiger partial charge in [-0.25, -0.2) is 9.97 Å². The number of hydrogen-bond donors (Lipinski definition) is 1. The van der Waals surface area contributed by atoms with Crippen molar-refractivity contribution in [1.29, 1.82) is 0 Å². The van der Waals surface area contributed by atoms with Gasteiger partial charge in [0.1, 0.15) is 5.01 Å². The van der Waals surface area contributed by atoms with E-state index < -0.39 is 0 Å². The van der Waals surface area contributed by atoms with Gasteiger partial charge in [-0.15, -0.1) is 11.3 Å². The fourth-order valence-electron chi connectivity index (χ4n) is 1.70. The van der Waals surface area contributed by atoms with Crippen LogP contribution >= 0.6 is 11.3 Å². The van der Waals surface area contributed by atoms with E-state index in [1.165, 1.54) is 5.69 Å². The molecule has 0 aliphatic heterocycles. The summed E-state index contributed by atoms with van der Waals surface area (Å²) >= 11 is 1.71. The van der Waals surface area contributed by atoms with Gasteiger partial charge in [-0.2, -0.15) is 0 Å². The van der Waals surface area contributed by atoms with Crippen LogP contribution in [0.4, 0.5) is 0 Å². The molecule has 4 nitrogen and oxygen atoms in total. The van der Waals surface area contributed by atoms with Gasteiger partial charge < -0.3 is 9.88 Å². The van der Waals surface area contributed by atoms with Crippen LogP contribution in [0.3, 0.4) is 0 Å². The highest BCUT2D eigenvalue weighted by molar-refractivity contribution is 7.09. The van der Waals surface area contributed by atoms with Crippen molar-refractivity contribution >= 4 is 11.3 Å². The first-order valence-electron chi connectivity index (χ1n) is 5.85. The first kappa shape index (κ1) is 12.3. The zero-order chi connectivity index (χ0) is 12.3. The van der Waals surface area contributed by atoms with Crippen molar-refractivity contribution in [3.05, 3.63) is 34.3 Å². The van der Waals surface area contributed by atoms with E-state index >= 15 is 0 Å². The summed E-state index contributed by atoms with van der Waals surface area (Å²) in [5.41, 5.74) is 2.31. The Bertz CT molecular complexity index is 474. The Morgan fingerprint density at radius 2 is 2.35 bits per heavy atom. The van der Waals surface area contributed by atoms with Crippen LogP contribution < -0.4 is 5.32 Å². The van der Waals surface area contributed by atoms with E-state index in [1.807, 2.05) is 19.4 Å². The summed E-state index contributed by atoms with van der Waals surface area (Å²) in [5, 5.41) is 6.71. The van der Waals surface area contributed by atoms with Crippen molar-refractivity contribution in [2.24, 2.45) is 0 Å². The molecule has 0 saturated heterocycles. The maximum Gasteiger partial charge on any atom is 0.110 e. The molecule has 17 heavy (non-hydrogen) atoms. The van der Waals surface area contributed by atoms with Gasteiger partial charge in [-0.3, -0.25) is 0 Å². The van der Waals surface area contributed by atoms with Gasteiger partial charge in [-0.1, -0.05) is 0 Å². The van der Waals surface area contributed by atoms with Crippen LogP contribution in [0.25, 0.3) is 0 Å². The van der Waals surface area contributed by atoms with E-state index in [9.17, 15) is 0 Å². The van der Waals surface area contributed by atoms with E-state index in [2.05, 4.69) is 39.1 Å². The molecule has 2 aromatic rings. The number of imidazole rings is 1. The maximum atomic E-state index is 4.49. The molecule has 5 heteroatoms. The molecule has 0 radical (unpaired) electrons. The molecule has 0 aromatic carbocycles. The highest BCUT2D eigenvalue weighted by Crippen LogP contribution is 2.17. The van der Waals surface area contributed by atoms with E-state index in [4.69, 9.17) is 0 Å². The molecule has 1 N–H and O–H groups in total. The minimum atomic E-state index is 0.286. The number of aromatic nitrogens is 3. The lowest BCUT2D eigenvalue weighted by molar-refractivity contribution is 0.547. The zero-order valence-corrected chi connectivity index (χ0v) is 11.3. The van der Waals surface area contributed by atoms with E-state index in [0.717, 1.165) is 23.8 Å². The molecule has 1 unspecified atom stereocenters. The third-order valence-electron chi connectivity index (χ3n) is 2.74. The van der Waals surface area contributed by atoms with Crippen molar-refractivity contribution in [3.63, 3.8) is 0 Å². The van der Waals surface area contributed by atoms with Crippen LogP contribution in [0.1, 0.15) is 36.3 Å². The third kappa shape index (κ3) is 2.92. The Hall–Kier alpha value is -1.20. The second-order valence-electron chi connectivity index (χ2n) is 4.10. The van der Waals surface area contributed by atoms with Crippen molar-refractivity contribution in [1.82, 2.24) is 19.9 Å². The summed E-state index contributed by atoms with van der Waals surface area (Å²) in [7, 11) is 0. The number of thiazole rings is 1.